The van der Waals surface area contributed by atoms with Crippen molar-refractivity contribution in [3.63, 3.8) is 0 Å². The van der Waals surface area contributed by atoms with Crippen molar-refractivity contribution in [2.45, 2.75) is 0 Å². The van der Waals surface area contributed by atoms with Gasteiger partial charge in [0.1, 0.15) is 17.3 Å². The Kier molecular flexibility index (Phi) is 6.27. The van der Waals surface area contributed by atoms with Gasteiger partial charge in [-0.1, -0.05) is 18.2 Å². The van der Waals surface area contributed by atoms with Crippen LogP contribution in [0.5, 0.6) is 11.5 Å². The molecule has 1 amide bonds. The summed E-state index contributed by atoms with van der Waals surface area (Å²) in [6, 6.07) is 18.3. The van der Waals surface area contributed by atoms with E-state index in [9.17, 15) is 4.79 Å². The third kappa shape index (κ3) is 4.52. The number of fused-ring (bicyclic) bond motifs is 1. The summed E-state index contributed by atoms with van der Waals surface area (Å²) in [5, 5.41) is 4.72. The van der Waals surface area contributed by atoms with Crippen LogP contribution in [0.15, 0.2) is 82.5 Å². The van der Waals surface area contributed by atoms with E-state index in [1.807, 2.05) is 42.5 Å². The van der Waals surface area contributed by atoms with E-state index in [-0.39, 0.29) is 5.91 Å². The molecule has 7 nitrogen and oxygen atoms in total. The van der Waals surface area contributed by atoms with Crippen molar-refractivity contribution in [2.24, 2.45) is 5.10 Å². The van der Waals surface area contributed by atoms with Gasteiger partial charge in [0.15, 0.2) is 0 Å². The molecule has 0 fully saturated rings. The second kappa shape index (κ2) is 9.61. The smallest absolute Gasteiger partial charge is 0.272 e. The summed E-state index contributed by atoms with van der Waals surface area (Å²) in [6.07, 6.45) is 6.49. The molecule has 2 heterocycles. The Morgan fingerprint density at radius 2 is 1.94 bits per heavy atom. The molecule has 0 radical (unpaired) electrons. The number of nitrogens with one attached hydrogen (secondary N) is 1. The summed E-state index contributed by atoms with van der Waals surface area (Å²) < 4.78 is 16.0. The number of benzene rings is 2. The standard InChI is InChI=1S/C25H21N3O4/c1-30-18-11-12-20(24(15-18)31-2)23-16-21(19-9-3-4-10-22(19)27-23)25(29)28-26-13-5-7-17-8-6-14-32-17/h3-16H,1-2H3,(H,28,29)/b7-5-,26-13?. The first-order valence-electron chi connectivity index (χ1n) is 9.85. The summed E-state index contributed by atoms with van der Waals surface area (Å²) in [4.78, 5) is 17.7. The summed E-state index contributed by atoms with van der Waals surface area (Å²) in [6.45, 7) is 0. The Balaban J connectivity index is 1.66. The van der Waals surface area contributed by atoms with Gasteiger partial charge >= 0.3 is 0 Å². The van der Waals surface area contributed by atoms with E-state index in [0.29, 0.717) is 34.0 Å². The zero-order valence-electron chi connectivity index (χ0n) is 17.6. The number of furan rings is 1. The van der Waals surface area contributed by atoms with Crippen LogP contribution in [0.1, 0.15) is 16.1 Å². The summed E-state index contributed by atoms with van der Waals surface area (Å²) in [5.41, 5.74) is 5.06. The van der Waals surface area contributed by atoms with Crippen molar-refractivity contribution in [2.75, 3.05) is 14.2 Å². The molecule has 0 aliphatic rings. The molecule has 4 aromatic rings. The number of para-hydroxylation sites is 1. The maximum atomic E-state index is 12.9. The fourth-order valence-corrected chi connectivity index (χ4v) is 3.23. The van der Waals surface area contributed by atoms with Crippen LogP contribution in [0.2, 0.25) is 0 Å². The molecule has 0 saturated carbocycles. The minimum Gasteiger partial charge on any atom is -0.497 e. The van der Waals surface area contributed by atoms with E-state index >= 15 is 0 Å². The van der Waals surface area contributed by atoms with E-state index in [4.69, 9.17) is 18.9 Å². The van der Waals surface area contributed by atoms with E-state index in [2.05, 4.69) is 10.5 Å². The Morgan fingerprint density at radius 3 is 2.72 bits per heavy atom. The first-order chi connectivity index (χ1) is 15.7. The van der Waals surface area contributed by atoms with E-state index in [0.717, 1.165) is 10.9 Å². The van der Waals surface area contributed by atoms with Crippen LogP contribution in [-0.2, 0) is 0 Å². The molecule has 1 N–H and O–H groups in total. The normalized spacial score (nSPS) is 11.3. The lowest BCUT2D eigenvalue weighted by Gasteiger charge is -2.12. The maximum absolute atomic E-state index is 12.9. The molecule has 160 valence electrons. The number of nitrogens with zero attached hydrogens (tertiary/aromatic N) is 2. The zero-order chi connectivity index (χ0) is 22.3. The summed E-state index contributed by atoms with van der Waals surface area (Å²) >= 11 is 0. The lowest BCUT2D eigenvalue weighted by atomic mass is 10.0. The van der Waals surface area contributed by atoms with Crippen molar-refractivity contribution in [3.05, 3.63) is 84.3 Å². The second-order valence-electron chi connectivity index (χ2n) is 6.73. The van der Waals surface area contributed by atoms with Gasteiger partial charge in [0.05, 0.1) is 37.3 Å². The van der Waals surface area contributed by atoms with E-state index in [1.165, 1.54) is 6.21 Å². The number of carbonyl (C=O) groups is 1. The van der Waals surface area contributed by atoms with Crippen LogP contribution in [0.4, 0.5) is 0 Å². The van der Waals surface area contributed by atoms with Crippen LogP contribution < -0.4 is 14.9 Å². The Bertz CT molecular complexity index is 1290. The number of ether oxygens (including phenoxy) is 2. The number of aromatic nitrogens is 1. The number of rotatable bonds is 7. The quantitative estimate of drug-likeness (QED) is 0.333. The van der Waals surface area contributed by atoms with Crippen LogP contribution in [0.25, 0.3) is 28.2 Å². The highest BCUT2D eigenvalue weighted by Crippen LogP contribution is 2.34. The lowest BCUT2D eigenvalue weighted by molar-refractivity contribution is 0.0956. The molecule has 0 saturated heterocycles. The first-order valence-corrected chi connectivity index (χ1v) is 9.85. The van der Waals surface area contributed by atoms with Gasteiger partial charge in [-0.3, -0.25) is 4.79 Å². The molecule has 0 aliphatic heterocycles. The van der Waals surface area contributed by atoms with Gasteiger partial charge in [-0.2, -0.15) is 5.10 Å². The molecule has 0 bridgehead atoms. The van der Waals surface area contributed by atoms with Gasteiger partial charge in [0.25, 0.3) is 5.91 Å². The average molecular weight is 427 g/mol. The Labute approximate surface area is 185 Å². The SMILES string of the molecule is COc1ccc(-c2cc(C(=O)NN=C/C=C\c3ccco3)c3ccccc3n2)c(OC)c1. The van der Waals surface area contributed by atoms with Crippen LogP contribution >= 0.6 is 0 Å². The highest BCUT2D eigenvalue weighted by atomic mass is 16.5. The van der Waals surface area contributed by atoms with E-state index < -0.39 is 0 Å². The predicted molar refractivity (Wildman–Crippen MR) is 124 cm³/mol. The molecule has 0 atom stereocenters. The molecule has 0 aliphatic carbocycles. The number of hydrogen-bond acceptors (Lipinski definition) is 6. The largest absolute Gasteiger partial charge is 0.497 e. The molecule has 4 rings (SSSR count). The number of allylic oxidation sites excluding steroid dienone is 1. The molecule has 0 spiro atoms. The van der Waals surface area contributed by atoms with Crippen molar-refractivity contribution in [1.29, 1.82) is 0 Å². The molecule has 0 unspecified atom stereocenters. The number of hydrazone groups is 1. The van der Waals surface area contributed by atoms with Gasteiger partial charge in [-0.25, -0.2) is 10.4 Å². The molecular weight excluding hydrogens is 406 g/mol. The molecule has 7 heteroatoms. The Hall–Kier alpha value is -4.39. The van der Waals surface area contributed by atoms with Crippen LogP contribution in [0, 0.1) is 0 Å². The molecular formula is C25H21N3O4. The maximum Gasteiger partial charge on any atom is 0.272 e. The van der Waals surface area contributed by atoms with Gasteiger partial charge in [-0.15, -0.1) is 0 Å². The third-order valence-corrected chi connectivity index (χ3v) is 4.78. The van der Waals surface area contributed by atoms with Crippen molar-refractivity contribution >= 4 is 29.1 Å². The van der Waals surface area contributed by atoms with Gasteiger partial charge in [0.2, 0.25) is 0 Å². The highest BCUT2D eigenvalue weighted by Gasteiger charge is 2.16. The Morgan fingerprint density at radius 1 is 1.06 bits per heavy atom. The molecule has 2 aromatic heterocycles. The number of methoxy groups -OCH3 is 2. The fourth-order valence-electron chi connectivity index (χ4n) is 3.23. The monoisotopic (exact) mass is 427 g/mol. The number of amides is 1. The van der Waals surface area contributed by atoms with Crippen molar-refractivity contribution < 1.29 is 18.7 Å². The number of hydrogen-bond donors (Lipinski definition) is 1. The van der Waals surface area contributed by atoms with Crippen LogP contribution in [-0.4, -0.2) is 31.3 Å². The molecule has 2 aromatic carbocycles. The molecule has 32 heavy (non-hydrogen) atoms. The summed E-state index contributed by atoms with van der Waals surface area (Å²) in [5.74, 6) is 1.61. The van der Waals surface area contributed by atoms with Gasteiger partial charge in [0, 0.05) is 23.2 Å². The minimum atomic E-state index is -0.347. The summed E-state index contributed by atoms with van der Waals surface area (Å²) in [7, 11) is 3.17. The zero-order valence-corrected chi connectivity index (χ0v) is 17.6. The third-order valence-electron chi connectivity index (χ3n) is 4.78. The minimum absolute atomic E-state index is 0.347. The number of carbonyl (C=O) groups excluding carboxylic acids is 1. The topological polar surface area (TPSA) is 86.0 Å². The van der Waals surface area contributed by atoms with Gasteiger partial charge < -0.3 is 13.9 Å². The van der Waals surface area contributed by atoms with Gasteiger partial charge in [-0.05, 0) is 48.6 Å². The fraction of sp³-hybridized carbons (Fsp3) is 0.0800. The predicted octanol–water partition coefficient (Wildman–Crippen LogP) is 4.94. The lowest BCUT2D eigenvalue weighted by Crippen LogP contribution is -2.18. The number of pyridine rings is 1. The van der Waals surface area contributed by atoms with Crippen molar-refractivity contribution in [3.8, 4) is 22.8 Å². The van der Waals surface area contributed by atoms with Crippen molar-refractivity contribution in [1.82, 2.24) is 10.4 Å². The van der Waals surface area contributed by atoms with E-state index in [1.54, 1.807) is 50.8 Å². The average Bonchev–Trinajstić information content (AvgIpc) is 3.36. The van der Waals surface area contributed by atoms with Crippen LogP contribution in [0.3, 0.4) is 0 Å². The first kappa shape index (κ1) is 20.9. The highest BCUT2D eigenvalue weighted by molar-refractivity contribution is 6.07. The second-order valence-corrected chi connectivity index (χ2v) is 6.73.